The molecule has 0 aliphatic carbocycles. The summed E-state index contributed by atoms with van der Waals surface area (Å²) < 4.78 is 347. The summed E-state index contributed by atoms with van der Waals surface area (Å²) in [6.07, 6.45) is -50.0. The van der Waals surface area contributed by atoms with E-state index in [2.05, 4.69) is 4.98 Å². The predicted octanol–water partition coefficient (Wildman–Crippen LogP) is 13.0. The third kappa shape index (κ3) is 14.0. The van der Waals surface area contributed by atoms with Gasteiger partial charge in [-0.25, -0.2) is 4.79 Å². The average Bonchev–Trinajstić information content (AvgIpc) is 3.27. The van der Waals surface area contributed by atoms with Crippen LogP contribution in [0.2, 0.25) is 0 Å². The summed E-state index contributed by atoms with van der Waals surface area (Å²) in [5, 5.41) is 0. The van der Waals surface area contributed by atoms with E-state index >= 15 is 0 Å². The van der Waals surface area contributed by atoms with E-state index in [4.69, 9.17) is 16.3 Å². The van der Waals surface area contributed by atoms with Crippen LogP contribution >= 0.6 is 11.6 Å². The second-order valence-electron chi connectivity index (χ2n) is 15.8. The summed E-state index contributed by atoms with van der Waals surface area (Å²) in [5.41, 5.74) is -28.7. The summed E-state index contributed by atoms with van der Waals surface area (Å²) >= 11 is 5.39. The van der Waals surface area contributed by atoms with Crippen molar-refractivity contribution in [3.8, 4) is 0 Å². The van der Waals surface area contributed by atoms with Crippen molar-refractivity contribution >= 4 is 45.6 Å². The van der Waals surface area contributed by atoms with E-state index < -0.39 is 201 Å². The maximum atomic E-state index is 14.2. The highest BCUT2D eigenvalue weighted by molar-refractivity contribution is 7.20. The Bertz CT molecular complexity index is 2570. The van der Waals surface area contributed by atoms with Gasteiger partial charge in [-0.2, -0.15) is 132 Å². The Balaban J connectivity index is 0.000000483. The third-order valence-electron chi connectivity index (χ3n) is 10.9. The van der Waals surface area contributed by atoms with Gasteiger partial charge >= 0.3 is 61.1 Å². The van der Waals surface area contributed by atoms with Crippen LogP contribution in [-0.4, -0.2) is 23.2 Å². The van der Waals surface area contributed by atoms with Gasteiger partial charge in [-0.1, -0.05) is 90.5 Å². The number of carbonyl (C=O) groups excluding carboxylic acids is 1. The first-order valence-electron chi connectivity index (χ1n) is 20.0. The lowest BCUT2D eigenvalue weighted by Gasteiger charge is -2.46. The molecular weight excluding hydrogens is 1100 g/mol. The first-order valence-corrected chi connectivity index (χ1v) is 20.6. The molecule has 0 fully saturated rings. The molecule has 0 saturated carbocycles. The van der Waals surface area contributed by atoms with Crippen LogP contribution in [0.25, 0.3) is 0 Å². The highest BCUT2D eigenvalue weighted by Gasteiger charge is 2.47. The zero-order valence-corrected chi connectivity index (χ0v) is 37.0. The molecule has 0 atom stereocenters. The molecule has 0 aliphatic heterocycles. The average molecular weight is 1130 g/mol. The van der Waals surface area contributed by atoms with E-state index in [0.717, 1.165) is 5.56 Å². The van der Waals surface area contributed by atoms with Gasteiger partial charge in [0, 0.05) is 5.56 Å². The van der Waals surface area contributed by atoms with Crippen LogP contribution in [0.15, 0.2) is 122 Å². The van der Waals surface area contributed by atoms with Gasteiger partial charge in [0.05, 0.1) is 50.7 Å². The normalized spacial score (nSPS) is 13.3. The lowest BCUT2D eigenvalue weighted by atomic mass is 9.12. The first-order chi connectivity index (χ1) is 34.1. The number of alkyl halides is 25. The number of halogens is 25. The summed E-state index contributed by atoms with van der Waals surface area (Å²) in [7, 11) is 0. The van der Waals surface area contributed by atoms with Crippen LogP contribution in [0, 0.1) is 0 Å². The zero-order chi connectivity index (χ0) is 56.7. The van der Waals surface area contributed by atoms with E-state index in [0.29, 0.717) is 12.2 Å². The van der Waals surface area contributed by atoms with Gasteiger partial charge in [-0.3, -0.25) is 4.98 Å². The molecule has 1 heterocycles. The summed E-state index contributed by atoms with van der Waals surface area (Å²) in [6, 6.07) is 0.855. The van der Waals surface area contributed by atoms with Crippen molar-refractivity contribution < 1.29 is 119 Å². The number of hydrogen-bond acceptors (Lipinski definition) is 3. The fourth-order valence-electron chi connectivity index (χ4n) is 7.67. The van der Waals surface area contributed by atoms with Crippen LogP contribution in [0.3, 0.4) is 0 Å². The van der Waals surface area contributed by atoms with E-state index in [1.54, 1.807) is 17.0 Å². The van der Waals surface area contributed by atoms with Crippen LogP contribution in [-0.2, 0) is 60.7 Å². The quantitative estimate of drug-likeness (QED) is 0.0501. The van der Waals surface area contributed by atoms with Crippen molar-refractivity contribution in [2.75, 3.05) is 6.07 Å². The molecule has 4 nitrogen and oxygen atoms in total. The van der Waals surface area contributed by atoms with Crippen molar-refractivity contribution in [2.45, 2.75) is 56.0 Å². The Hall–Kier alpha value is -6.68. The molecule has 0 N–H and O–H groups in total. The van der Waals surface area contributed by atoms with Gasteiger partial charge in [0.15, 0.2) is 18.8 Å². The topological polar surface area (TPSA) is 43.1 Å². The maximum Gasteiger partial charge on any atom is 0.416 e. The van der Waals surface area contributed by atoms with Crippen molar-refractivity contribution in [1.29, 1.82) is 0 Å². The molecule has 6 aromatic rings. The summed E-state index contributed by atoms with van der Waals surface area (Å²) in [5.74, 6) is -0.478. The van der Waals surface area contributed by atoms with Crippen molar-refractivity contribution in [1.82, 2.24) is 4.98 Å². The predicted molar refractivity (Wildman–Crippen MR) is 216 cm³/mol. The van der Waals surface area contributed by atoms with Gasteiger partial charge in [0.2, 0.25) is 0 Å². The second-order valence-corrected chi connectivity index (χ2v) is 16.1. The van der Waals surface area contributed by atoms with Crippen LogP contribution in [0.5, 0.6) is 0 Å². The minimum Gasteiger partial charge on any atom is -0.441 e. The fourth-order valence-corrected chi connectivity index (χ4v) is 7.77. The van der Waals surface area contributed by atoms with Gasteiger partial charge < -0.3 is 4.74 Å². The number of rotatable bonds is 8. The number of nitrogens with zero attached hydrogens (tertiary/aromatic N) is 2. The van der Waals surface area contributed by atoms with E-state index in [1.165, 1.54) is 6.20 Å². The molecule has 0 bridgehead atoms. The van der Waals surface area contributed by atoms with Crippen molar-refractivity contribution in [3.05, 3.63) is 177 Å². The number of carbonyl (C=O) groups is 1. The molecule has 5 aromatic carbocycles. The molecule has 75 heavy (non-hydrogen) atoms. The monoisotopic (exact) mass is 1130 g/mol. The van der Waals surface area contributed by atoms with Crippen LogP contribution in [0.4, 0.5) is 105 Å². The maximum absolute atomic E-state index is 14.2. The zero-order valence-electron chi connectivity index (χ0n) is 36.2. The number of aromatic nitrogens is 2. The Labute approximate surface area is 409 Å². The minimum atomic E-state index is -6.13. The number of ether oxygens (including phenoxy) is 1. The highest BCUT2D eigenvalue weighted by Crippen LogP contribution is 2.41. The number of esters is 1. The molecule has 0 saturated heterocycles. The van der Waals surface area contributed by atoms with E-state index in [-0.39, 0.29) is 6.07 Å². The fraction of sp³-hybridized carbons (Fsp3) is 0.222. The number of hydrogen-bond donors (Lipinski definition) is 0. The lowest BCUT2D eigenvalue weighted by Crippen LogP contribution is -2.75. The molecule has 0 spiro atoms. The first kappa shape index (κ1) is 59.2. The third-order valence-corrected chi connectivity index (χ3v) is 11.0. The Morgan fingerprint density at radius 2 is 0.707 bits per heavy atom. The molecule has 30 heteroatoms. The molecule has 0 radical (unpaired) electrons. The molecular formula is C45H24BClF24N2O2. The standard InChI is InChI=1S/C32H12BF24.C13H12ClN2O2/c34-25(35,36)13-1-14(26(37,38)39)6-21(5-13)33(22-7-15(27(40,41)42)2-16(8-22)28(43,44)45,23-9-17(29(46,47)48)3-18(10-23)30(49,50)51)24-11-19(31(52,53)54)4-20(12-24)32(55,56)57;14-10-18-13(17)12-8-15-6-7-16(12)9-11-4-2-1-3-5-11/h1-12H;1-8H,9-10H2/q-1;+1. The van der Waals surface area contributed by atoms with Gasteiger partial charge in [0.25, 0.3) is 0 Å². The summed E-state index contributed by atoms with van der Waals surface area (Å²) in [4.78, 5) is 15.6. The Morgan fingerprint density at radius 3 is 0.947 bits per heavy atom. The largest absolute Gasteiger partial charge is 0.441 e. The Kier molecular flexibility index (Phi) is 16.4. The van der Waals surface area contributed by atoms with Crippen LogP contribution < -0.4 is 26.4 Å². The molecule has 6 rings (SSSR count). The molecule has 0 amide bonds. The molecule has 0 unspecified atom stereocenters. The molecule has 0 aliphatic rings. The highest BCUT2D eigenvalue weighted by atomic mass is 35.5. The SMILES string of the molecule is FC(F)(F)c1cc([B-](c2cc(C(F)(F)F)cc(C(F)(F)F)c2)(c2cc(C(F)(F)F)cc(C(F)(F)F)c2)c2cc(C(F)(F)F)cc(C(F)(F)F)c2)cc(C(F)(F)F)c1.O=C(OCCl)c1cncc[n+]1Cc1ccccc1. The van der Waals surface area contributed by atoms with E-state index in [9.17, 15) is 110 Å². The van der Waals surface area contributed by atoms with Gasteiger partial charge in [-0.15, -0.1) is 0 Å². The molecule has 1 aromatic heterocycles. The lowest BCUT2D eigenvalue weighted by molar-refractivity contribution is -0.691. The minimum absolute atomic E-state index is 0.168. The van der Waals surface area contributed by atoms with Crippen molar-refractivity contribution in [2.24, 2.45) is 0 Å². The van der Waals surface area contributed by atoms with E-state index in [1.807, 2.05) is 30.3 Å². The van der Waals surface area contributed by atoms with Gasteiger partial charge in [0.1, 0.15) is 12.3 Å². The molecule has 404 valence electrons. The van der Waals surface area contributed by atoms with Crippen LogP contribution in [0.1, 0.15) is 60.6 Å². The smallest absolute Gasteiger partial charge is 0.416 e. The Morgan fingerprint density at radius 1 is 0.440 bits per heavy atom. The second kappa shape index (κ2) is 20.8. The van der Waals surface area contributed by atoms with Gasteiger partial charge in [-0.05, 0) is 24.3 Å². The number of benzene rings is 5. The summed E-state index contributed by atoms with van der Waals surface area (Å²) in [6.45, 7) is 0.579. The van der Waals surface area contributed by atoms with Crippen molar-refractivity contribution in [3.63, 3.8) is 0 Å².